The van der Waals surface area contributed by atoms with Crippen LogP contribution in [0.3, 0.4) is 0 Å². The van der Waals surface area contributed by atoms with Crippen LogP contribution in [0.25, 0.3) is 33.4 Å². The molecule has 8 aromatic rings. The SMILES string of the molecule is CC1(C)C=Nc2ccccc2N=CC(C)(C)c2cccc(c2O)-c2cccc1c2O.CC1=C(C)N=CC(C)(C)c2cccc(c2O)-c2cccc(c2O)C(C)(C)C=N1.CC1=Nc2ccccc2N=C(C)C(C)(C)c2cccc(c2O)-c2cccc(c2O)C1(C)C.[Pt].[Pt].[Pt]. The molecule has 12 bridgehead atoms. The van der Waals surface area contributed by atoms with Crippen LogP contribution in [0, 0.1) is 0 Å². The van der Waals surface area contributed by atoms with Crippen molar-refractivity contribution in [3.05, 3.63) is 203 Å². The number of para-hydroxylation sites is 10. The zero-order valence-corrected chi connectivity index (χ0v) is 62.5. The Labute approximate surface area is 591 Å². The van der Waals surface area contributed by atoms with Crippen molar-refractivity contribution in [3.8, 4) is 67.9 Å². The molecule has 3 aliphatic rings. The van der Waals surface area contributed by atoms with Crippen LogP contribution >= 0.6 is 0 Å². The minimum absolute atomic E-state index is 0. The number of hydrogen-bond donors (Lipinski definition) is 6. The van der Waals surface area contributed by atoms with Gasteiger partial charge in [0, 0.05) is 199 Å². The number of phenols is 6. The number of benzene rings is 8. The topological polar surface area (TPSA) is 196 Å². The van der Waals surface area contributed by atoms with Gasteiger partial charge >= 0.3 is 0 Å². The van der Waals surface area contributed by atoms with Gasteiger partial charge in [-0.1, -0.05) is 217 Å². The number of rotatable bonds is 0. The van der Waals surface area contributed by atoms with Gasteiger partial charge in [0.25, 0.3) is 0 Å². The number of fused-ring (bicyclic) bond motifs is 17. The monoisotopic (exact) mass is 1790 g/mol. The molecular formula is C78H84N6O6Pt3. The van der Waals surface area contributed by atoms with Crippen LogP contribution in [0.5, 0.6) is 34.5 Å². The molecule has 0 fully saturated rings. The summed E-state index contributed by atoms with van der Waals surface area (Å²) < 4.78 is 0. The summed E-state index contributed by atoms with van der Waals surface area (Å²) in [5.41, 5.74) is 11.4. The van der Waals surface area contributed by atoms with E-state index in [2.05, 4.69) is 9.98 Å². The Hall–Kier alpha value is -7.62. The molecule has 6 N–H and O–H groups in total. The maximum absolute atomic E-state index is 11.3. The minimum atomic E-state index is -0.539. The number of phenolic OH excluding ortho intramolecular Hbond substituents is 6. The van der Waals surface area contributed by atoms with E-state index in [4.69, 9.17) is 20.0 Å². The summed E-state index contributed by atoms with van der Waals surface area (Å²) in [6, 6.07) is 49.4. The number of allylic oxidation sites excluding steroid dienone is 2. The Kier molecular flexibility index (Phi) is 23.2. The van der Waals surface area contributed by atoms with E-state index >= 15 is 0 Å². The smallest absolute Gasteiger partial charge is 0.127 e. The molecule has 3 aliphatic heterocycles. The Bertz CT molecular complexity index is 4070. The van der Waals surface area contributed by atoms with Gasteiger partial charge in [0.05, 0.1) is 34.1 Å². The maximum atomic E-state index is 11.3. The van der Waals surface area contributed by atoms with Gasteiger partial charge in [0.15, 0.2) is 0 Å². The van der Waals surface area contributed by atoms with Crippen LogP contribution in [0.15, 0.2) is 199 Å². The summed E-state index contributed by atoms with van der Waals surface area (Å²) in [5.74, 6) is 0.944. The van der Waals surface area contributed by atoms with Crippen molar-refractivity contribution in [1.29, 1.82) is 0 Å². The van der Waals surface area contributed by atoms with Crippen molar-refractivity contribution in [2.45, 2.75) is 143 Å². The summed E-state index contributed by atoms with van der Waals surface area (Å²) >= 11 is 0. The summed E-state index contributed by atoms with van der Waals surface area (Å²) in [6.07, 6.45) is 7.36. The molecule has 0 aromatic heterocycles. The quantitative estimate of drug-likeness (QED) is 0.0874. The molecule has 93 heavy (non-hydrogen) atoms. The summed E-state index contributed by atoms with van der Waals surface area (Å²) in [5, 5.41) is 67.2. The average Bonchev–Trinajstić information content (AvgIpc) is 0.790. The fraction of sp³-hybridized carbons (Fsp3) is 0.282. The van der Waals surface area contributed by atoms with Crippen LogP contribution in [-0.2, 0) is 95.7 Å². The van der Waals surface area contributed by atoms with E-state index in [-0.39, 0.29) is 97.7 Å². The van der Waals surface area contributed by atoms with E-state index in [0.29, 0.717) is 33.4 Å². The van der Waals surface area contributed by atoms with Crippen LogP contribution in [0.2, 0.25) is 0 Å². The second-order valence-electron chi connectivity index (χ2n) is 26.9. The zero-order valence-electron chi connectivity index (χ0n) is 55.6. The predicted octanol–water partition coefficient (Wildman–Crippen LogP) is 19.4. The van der Waals surface area contributed by atoms with Crippen molar-refractivity contribution in [3.63, 3.8) is 0 Å². The molecule has 0 amide bonds. The fourth-order valence-electron chi connectivity index (χ4n) is 11.5. The summed E-state index contributed by atoms with van der Waals surface area (Å²) in [4.78, 5) is 28.6. The Morgan fingerprint density at radius 1 is 0.247 bits per heavy atom. The second-order valence-corrected chi connectivity index (χ2v) is 26.9. The standard InChI is InChI=1S/C28H30N2O2.C26H26N2O2.C24H28N2O2.3Pt/c1-17-27(3,4)21-13-9-11-19(25(21)31)20-12-10-14-22(26(20)32)28(5,6)18(2)30-24-16-8-7-15-23(24)29-17;1-25(2)15-27-21-13-5-6-14-22(21)28-16-26(3,4)20-12-8-10-18(24(20)30)17-9-7-11-19(25)23(17)29;1-15-16(2)26-14-24(5,6)20-12-8-10-18(22(20)28)17-9-7-11-19(21(17)27)23(3,4)13-25-15;;;/h7-16,31-32H,1-6H3;5-16,29-30H,1-4H3;7-14,27-28H,1-6H3;;;. The third-order valence-electron chi connectivity index (χ3n) is 18.1. The van der Waals surface area contributed by atoms with E-state index in [9.17, 15) is 30.6 Å². The van der Waals surface area contributed by atoms with Crippen molar-refractivity contribution < 1.29 is 93.8 Å². The molecule has 15 heteroatoms. The predicted molar refractivity (Wildman–Crippen MR) is 374 cm³/mol. The van der Waals surface area contributed by atoms with Gasteiger partial charge in [0.1, 0.15) is 34.5 Å². The molecule has 3 heterocycles. The average molecular weight is 1790 g/mol. The molecular weight excluding hydrogens is 1700 g/mol. The summed E-state index contributed by atoms with van der Waals surface area (Å²) in [7, 11) is 0. The zero-order chi connectivity index (χ0) is 65.5. The number of nitrogens with zero attached hydrogens (tertiary/aromatic N) is 6. The first-order valence-corrected chi connectivity index (χ1v) is 30.4. The van der Waals surface area contributed by atoms with Crippen LogP contribution in [0.1, 0.15) is 144 Å². The molecule has 8 aromatic carbocycles. The minimum Gasteiger partial charge on any atom is -0.507 e. The molecule has 0 atom stereocenters. The van der Waals surface area contributed by atoms with Crippen molar-refractivity contribution >= 4 is 59.0 Å². The van der Waals surface area contributed by atoms with Crippen LogP contribution in [-0.4, -0.2) is 66.9 Å². The first-order chi connectivity index (χ1) is 42.3. The van der Waals surface area contributed by atoms with E-state index < -0.39 is 32.5 Å². The fourth-order valence-corrected chi connectivity index (χ4v) is 11.5. The molecule has 0 aliphatic carbocycles. The second kappa shape index (κ2) is 28.9. The molecule has 0 unspecified atom stereocenters. The number of aliphatic imine (C=N–C) groups is 6. The van der Waals surface area contributed by atoms with Crippen molar-refractivity contribution in [1.82, 2.24) is 0 Å². The maximum Gasteiger partial charge on any atom is 0.127 e. The normalized spacial score (nSPS) is 16.6. The Morgan fingerprint density at radius 3 is 0.699 bits per heavy atom. The van der Waals surface area contributed by atoms with Crippen LogP contribution < -0.4 is 0 Å². The van der Waals surface area contributed by atoms with Crippen molar-refractivity contribution in [2.24, 2.45) is 30.0 Å². The van der Waals surface area contributed by atoms with Gasteiger partial charge in [-0.25, -0.2) is 0 Å². The number of hydrogen-bond acceptors (Lipinski definition) is 12. The first-order valence-electron chi connectivity index (χ1n) is 30.4. The van der Waals surface area contributed by atoms with E-state index in [1.807, 2.05) is 293 Å². The Morgan fingerprint density at radius 2 is 0.452 bits per heavy atom. The summed E-state index contributed by atoms with van der Waals surface area (Å²) in [6.45, 7) is 32.1. The van der Waals surface area contributed by atoms with Gasteiger partial charge < -0.3 is 30.6 Å². The third kappa shape index (κ3) is 15.2. The molecule has 0 saturated carbocycles. The Balaban J connectivity index is 0.000000218. The van der Waals surface area contributed by atoms with Gasteiger partial charge in [-0.15, -0.1) is 0 Å². The molecule has 0 spiro atoms. The van der Waals surface area contributed by atoms with E-state index in [1.54, 1.807) is 0 Å². The largest absolute Gasteiger partial charge is 0.507 e. The van der Waals surface area contributed by atoms with Gasteiger partial charge in [-0.3, -0.25) is 30.0 Å². The van der Waals surface area contributed by atoms with Gasteiger partial charge in [-0.05, 0) is 52.0 Å². The van der Waals surface area contributed by atoms with E-state index in [0.717, 1.165) is 78.9 Å². The molecule has 11 rings (SSSR count). The molecule has 492 valence electrons. The third-order valence-corrected chi connectivity index (χ3v) is 18.1. The van der Waals surface area contributed by atoms with Gasteiger partial charge in [0.2, 0.25) is 0 Å². The first kappa shape index (κ1) is 74.4. The van der Waals surface area contributed by atoms with Gasteiger partial charge in [-0.2, -0.15) is 0 Å². The molecule has 0 radical (unpaired) electrons. The van der Waals surface area contributed by atoms with E-state index in [1.165, 1.54) is 0 Å². The molecule has 12 nitrogen and oxygen atoms in total. The van der Waals surface area contributed by atoms with Crippen LogP contribution in [0.4, 0.5) is 22.7 Å². The molecule has 0 saturated heterocycles. The number of aromatic hydroxyl groups is 6. The van der Waals surface area contributed by atoms with Crippen molar-refractivity contribution in [2.75, 3.05) is 0 Å².